The number of carbonyl (C=O) groups excluding carboxylic acids is 1. The van der Waals surface area contributed by atoms with Gasteiger partial charge in [-0.05, 0) is 18.2 Å². The molecule has 6 nitrogen and oxygen atoms in total. The average molecular weight is 283 g/mol. The molecule has 0 aromatic heterocycles. The van der Waals surface area contributed by atoms with E-state index in [1.54, 1.807) is 6.07 Å². The molecule has 1 aliphatic rings. The zero-order valence-electron chi connectivity index (χ0n) is 9.71. The third-order valence-corrected chi connectivity index (χ3v) is 4.18. The van der Waals surface area contributed by atoms with Gasteiger partial charge in [0.05, 0.1) is 5.56 Å². The zero-order valence-corrected chi connectivity index (χ0v) is 10.5. The van der Waals surface area contributed by atoms with Crippen molar-refractivity contribution in [1.29, 1.82) is 5.26 Å². The van der Waals surface area contributed by atoms with Crippen molar-refractivity contribution < 1.29 is 17.6 Å². The number of nitriles is 1. The molecule has 1 aliphatic heterocycles. The molecule has 1 unspecified atom stereocenters. The number of sulfonamides is 1. The summed E-state index contributed by atoms with van der Waals surface area (Å²) in [6.07, 6.45) is -0.210. The Morgan fingerprint density at radius 1 is 1.47 bits per heavy atom. The molecule has 2 N–H and O–H groups in total. The van der Waals surface area contributed by atoms with Crippen LogP contribution in [0.3, 0.4) is 0 Å². The molecular weight excluding hydrogens is 273 g/mol. The minimum absolute atomic E-state index is 0.0891. The molecule has 2 rings (SSSR count). The van der Waals surface area contributed by atoms with E-state index in [1.165, 1.54) is 17.0 Å². The predicted molar refractivity (Wildman–Crippen MR) is 65.0 cm³/mol. The lowest BCUT2D eigenvalue weighted by molar-refractivity contribution is -0.117. The van der Waals surface area contributed by atoms with Crippen LogP contribution in [0.15, 0.2) is 18.2 Å². The predicted octanol–water partition coefficient (Wildman–Crippen LogP) is 0.0912. The van der Waals surface area contributed by atoms with Gasteiger partial charge in [0.2, 0.25) is 15.9 Å². The molecule has 0 spiro atoms. The first-order valence-electron chi connectivity index (χ1n) is 5.34. The van der Waals surface area contributed by atoms with Gasteiger partial charge in [-0.3, -0.25) is 4.79 Å². The monoisotopic (exact) mass is 283 g/mol. The van der Waals surface area contributed by atoms with E-state index in [0.717, 1.165) is 6.07 Å². The maximum absolute atomic E-state index is 13.2. The number of amides is 1. The summed E-state index contributed by atoms with van der Waals surface area (Å²) in [5.41, 5.74) is 0.0819. The summed E-state index contributed by atoms with van der Waals surface area (Å²) in [5, 5.41) is 12.8. The van der Waals surface area contributed by atoms with Gasteiger partial charge in [0.1, 0.15) is 17.1 Å². The number of nitrogens with zero attached hydrogens (tertiary/aromatic N) is 2. The number of halogens is 1. The summed E-state index contributed by atoms with van der Waals surface area (Å²) >= 11 is 0. The van der Waals surface area contributed by atoms with Crippen molar-refractivity contribution in [1.82, 2.24) is 0 Å². The Morgan fingerprint density at radius 3 is 2.68 bits per heavy atom. The van der Waals surface area contributed by atoms with Crippen LogP contribution >= 0.6 is 0 Å². The van der Waals surface area contributed by atoms with Crippen molar-refractivity contribution in [3.63, 3.8) is 0 Å². The van der Waals surface area contributed by atoms with E-state index < -0.39 is 27.0 Å². The Morgan fingerprint density at radius 2 is 2.16 bits per heavy atom. The van der Waals surface area contributed by atoms with E-state index in [4.69, 9.17) is 10.4 Å². The summed E-state index contributed by atoms with van der Waals surface area (Å²) in [5.74, 6) is -1.12. The highest BCUT2D eigenvalue weighted by atomic mass is 32.2. The zero-order chi connectivity index (χ0) is 14.2. The molecule has 19 heavy (non-hydrogen) atoms. The molecule has 1 aromatic rings. The Kier molecular flexibility index (Phi) is 3.26. The molecule has 1 fully saturated rings. The molecule has 1 saturated heterocycles. The maximum atomic E-state index is 13.2. The van der Waals surface area contributed by atoms with E-state index in [0.29, 0.717) is 0 Å². The summed E-state index contributed by atoms with van der Waals surface area (Å²) in [7, 11) is -3.80. The molecule has 1 heterocycles. The molecule has 0 bridgehead atoms. The van der Waals surface area contributed by atoms with Gasteiger partial charge in [0.15, 0.2) is 0 Å². The van der Waals surface area contributed by atoms with Crippen LogP contribution in [-0.4, -0.2) is 26.1 Å². The lowest BCUT2D eigenvalue weighted by Crippen LogP contribution is -2.32. The van der Waals surface area contributed by atoms with Gasteiger partial charge in [0, 0.05) is 18.7 Å². The minimum Gasteiger partial charge on any atom is -0.311 e. The van der Waals surface area contributed by atoms with E-state index in [2.05, 4.69) is 0 Å². The van der Waals surface area contributed by atoms with Gasteiger partial charge >= 0.3 is 0 Å². The van der Waals surface area contributed by atoms with Gasteiger partial charge in [-0.25, -0.2) is 17.9 Å². The quantitative estimate of drug-likeness (QED) is 0.830. The van der Waals surface area contributed by atoms with Crippen LogP contribution in [0.2, 0.25) is 0 Å². The third kappa shape index (κ3) is 2.57. The second kappa shape index (κ2) is 4.60. The van der Waals surface area contributed by atoms with Gasteiger partial charge in [-0.15, -0.1) is 0 Å². The van der Waals surface area contributed by atoms with E-state index in [9.17, 15) is 17.6 Å². The van der Waals surface area contributed by atoms with Gasteiger partial charge in [-0.2, -0.15) is 5.26 Å². The van der Waals surface area contributed by atoms with Crippen molar-refractivity contribution in [2.45, 2.75) is 11.7 Å². The van der Waals surface area contributed by atoms with Gasteiger partial charge in [0.25, 0.3) is 0 Å². The number of rotatable bonds is 2. The Balaban J connectivity index is 2.34. The number of hydrogen-bond donors (Lipinski definition) is 1. The Labute approximate surface area is 109 Å². The van der Waals surface area contributed by atoms with Crippen LogP contribution in [0.25, 0.3) is 0 Å². The fourth-order valence-corrected chi connectivity index (χ4v) is 2.64. The molecule has 1 atom stereocenters. The minimum atomic E-state index is -3.80. The fraction of sp³-hybridized carbons (Fsp3) is 0.273. The molecule has 0 aliphatic carbocycles. The Hall–Kier alpha value is -1.98. The maximum Gasteiger partial charge on any atom is 0.228 e. The second-order valence-corrected chi connectivity index (χ2v) is 6.04. The largest absolute Gasteiger partial charge is 0.311 e. The van der Waals surface area contributed by atoms with Crippen molar-refractivity contribution in [2.75, 3.05) is 11.4 Å². The Bertz CT molecular complexity index is 681. The fourth-order valence-electron chi connectivity index (χ4n) is 1.91. The first-order valence-corrected chi connectivity index (χ1v) is 6.95. The number of benzene rings is 1. The van der Waals surface area contributed by atoms with E-state index >= 15 is 0 Å². The molecule has 8 heteroatoms. The average Bonchev–Trinajstić information content (AvgIpc) is 2.72. The lowest BCUT2D eigenvalue weighted by atomic mass is 10.2. The summed E-state index contributed by atoms with van der Waals surface area (Å²) in [6, 6.07) is 5.25. The van der Waals surface area contributed by atoms with Crippen molar-refractivity contribution in [3.8, 4) is 6.07 Å². The van der Waals surface area contributed by atoms with Crippen LogP contribution in [0.4, 0.5) is 10.1 Å². The lowest BCUT2D eigenvalue weighted by Gasteiger charge is -2.16. The van der Waals surface area contributed by atoms with Crippen LogP contribution in [0.1, 0.15) is 12.0 Å². The highest BCUT2D eigenvalue weighted by molar-refractivity contribution is 7.89. The molecule has 0 radical (unpaired) electrons. The van der Waals surface area contributed by atoms with Crippen LogP contribution in [-0.2, 0) is 14.8 Å². The SMILES string of the molecule is N#Cc1cc(N2CC(S(N)(=O)=O)CC2=O)ccc1F. The van der Waals surface area contributed by atoms with Gasteiger partial charge < -0.3 is 4.90 Å². The van der Waals surface area contributed by atoms with Crippen LogP contribution < -0.4 is 10.0 Å². The highest BCUT2D eigenvalue weighted by Crippen LogP contribution is 2.25. The van der Waals surface area contributed by atoms with Crippen molar-refractivity contribution in [2.24, 2.45) is 5.14 Å². The topological polar surface area (TPSA) is 104 Å². The number of hydrogen-bond acceptors (Lipinski definition) is 4. The van der Waals surface area contributed by atoms with E-state index in [-0.39, 0.29) is 24.2 Å². The van der Waals surface area contributed by atoms with Crippen molar-refractivity contribution >= 4 is 21.6 Å². The number of carbonyl (C=O) groups is 1. The van der Waals surface area contributed by atoms with Crippen LogP contribution in [0, 0.1) is 17.1 Å². The molecule has 1 aromatic carbocycles. The molecule has 1 amide bonds. The summed E-state index contributed by atoms with van der Waals surface area (Å²) in [4.78, 5) is 12.9. The first-order chi connectivity index (χ1) is 8.82. The number of nitrogens with two attached hydrogens (primary N) is 1. The number of primary sulfonamides is 1. The first kappa shape index (κ1) is 13.5. The van der Waals surface area contributed by atoms with E-state index in [1.807, 2.05) is 0 Å². The van der Waals surface area contributed by atoms with Crippen LogP contribution in [0.5, 0.6) is 0 Å². The highest BCUT2D eigenvalue weighted by Gasteiger charge is 2.37. The molecular formula is C11H10FN3O3S. The standard InChI is InChI=1S/C11H10FN3O3S/c12-10-2-1-8(3-7(10)5-13)15-6-9(4-11(15)16)19(14,17)18/h1-3,9H,4,6H2,(H2,14,17,18). The smallest absolute Gasteiger partial charge is 0.228 e. The summed E-state index contributed by atoms with van der Waals surface area (Å²) in [6.45, 7) is -0.0891. The molecule has 100 valence electrons. The summed E-state index contributed by atoms with van der Waals surface area (Å²) < 4.78 is 35.6. The number of anilines is 1. The second-order valence-electron chi connectivity index (χ2n) is 4.20. The van der Waals surface area contributed by atoms with Crippen molar-refractivity contribution in [3.05, 3.63) is 29.6 Å². The van der Waals surface area contributed by atoms with Gasteiger partial charge in [-0.1, -0.05) is 0 Å². The molecule has 0 saturated carbocycles. The third-order valence-electron chi connectivity index (χ3n) is 2.94. The normalized spacial score (nSPS) is 19.5.